The molecule has 0 bridgehead atoms. The van der Waals surface area contributed by atoms with Crippen molar-refractivity contribution in [2.24, 2.45) is 0 Å². The highest BCUT2D eigenvalue weighted by atomic mass is 127. The molecule has 0 radical (unpaired) electrons. The number of hydrogen-bond acceptors (Lipinski definition) is 4. The zero-order valence-electron chi connectivity index (χ0n) is 12.1. The summed E-state index contributed by atoms with van der Waals surface area (Å²) in [5.41, 5.74) is 2.43. The number of halogens is 1. The molecule has 5 heteroatoms. The van der Waals surface area contributed by atoms with Gasteiger partial charge in [0.1, 0.15) is 11.6 Å². The third-order valence-corrected chi connectivity index (χ3v) is 4.60. The summed E-state index contributed by atoms with van der Waals surface area (Å²) in [4.78, 5) is 13.6. The smallest absolute Gasteiger partial charge is 0.143 e. The Kier molecular flexibility index (Phi) is 4.67. The minimum atomic E-state index is 0.637. The number of nitrogens with zero attached hydrogens (tertiary/aromatic N) is 3. The molecular weight excluding hydrogens is 375 g/mol. The van der Waals surface area contributed by atoms with Gasteiger partial charge in [0.15, 0.2) is 0 Å². The molecule has 4 nitrogen and oxygen atoms in total. The fourth-order valence-corrected chi connectivity index (χ4v) is 3.13. The van der Waals surface area contributed by atoms with Gasteiger partial charge < -0.3 is 5.32 Å². The lowest BCUT2D eigenvalue weighted by Crippen LogP contribution is -2.10. The summed E-state index contributed by atoms with van der Waals surface area (Å²) in [6.45, 7) is 3.12. The average molecular weight is 394 g/mol. The van der Waals surface area contributed by atoms with Crippen LogP contribution in [0.3, 0.4) is 0 Å². The largest absolute Gasteiger partial charge is 0.369 e. The maximum absolute atomic E-state index is 4.82. The molecule has 21 heavy (non-hydrogen) atoms. The van der Waals surface area contributed by atoms with Gasteiger partial charge in [-0.25, -0.2) is 9.97 Å². The average Bonchev–Trinajstić information content (AvgIpc) is 3.33. The highest BCUT2D eigenvalue weighted by Gasteiger charge is 2.29. The first-order valence-corrected chi connectivity index (χ1v) is 8.55. The van der Waals surface area contributed by atoms with Crippen molar-refractivity contribution >= 4 is 28.4 Å². The van der Waals surface area contributed by atoms with E-state index in [1.807, 2.05) is 24.5 Å². The van der Waals surface area contributed by atoms with E-state index in [0.29, 0.717) is 5.92 Å². The molecule has 0 unspecified atom stereocenters. The molecule has 2 aromatic heterocycles. The summed E-state index contributed by atoms with van der Waals surface area (Å²) >= 11 is 2.39. The highest BCUT2D eigenvalue weighted by Crippen LogP contribution is 2.42. The first kappa shape index (κ1) is 14.7. The Labute approximate surface area is 139 Å². The van der Waals surface area contributed by atoms with E-state index in [1.54, 1.807) is 0 Å². The van der Waals surface area contributed by atoms with Gasteiger partial charge in [0, 0.05) is 31.3 Å². The lowest BCUT2D eigenvalue weighted by molar-refractivity contribution is 0.876. The molecule has 2 aromatic rings. The number of rotatable bonds is 6. The molecule has 2 heterocycles. The van der Waals surface area contributed by atoms with E-state index in [-0.39, 0.29) is 0 Å². The Morgan fingerprint density at radius 3 is 2.67 bits per heavy atom. The predicted octanol–water partition coefficient (Wildman–Crippen LogP) is 3.77. The van der Waals surface area contributed by atoms with Crippen LogP contribution in [0.5, 0.6) is 0 Å². The summed E-state index contributed by atoms with van der Waals surface area (Å²) < 4.78 is 1.20. The summed E-state index contributed by atoms with van der Waals surface area (Å²) in [5, 5.41) is 3.44. The maximum atomic E-state index is 4.82. The topological polar surface area (TPSA) is 50.7 Å². The van der Waals surface area contributed by atoms with Crippen molar-refractivity contribution in [2.75, 3.05) is 11.9 Å². The molecule has 1 saturated carbocycles. The molecule has 1 N–H and O–H groups in total. The summed E-state index contributed by atoms with van der Waals surface area (Å²) in [6.07, 6.45) is 8.02. The molecule has 0 atom stereocenters. The Hall–Kier alpha value is -1.24. The fourth-order valence-electron chi connectivity index (χ4n) is 2.26. The molecule has 110 valence electrons. The monoisotopic (exact) mass is 394 g/mol. The van der Waals surface area contributed by atoms with Gasteiger partial charge in [-0.3, -0.25) is 4.98 Å². The van der Waals surface area contributed by atoms with Crippen molar-refractivity contribution in [3.8, 4) is 0 Å². The quantitative estimate of drug-likeness (QED) is 0.758. The van der Waals surface area contributed by atoms with Crippen LogP contribution in [0.1, 0.15) is 49.2 Å². The number of nitrogens with one attached hydrogen (secondary N) is 1. The molecular formula is C16H19IN4. The Balaban J connectivity index is 1.90. The van der Waals surface area contributed by atoms with E-state index in [1.165, 1.54) is 27.7 Å². The predicted molar refractivity (Wildman–Crippen MR) is 92.5 cm³/mol. The standard InChI is InChI=1S/C16H19IN4/c1-2-7-19-16-14(17)15(12-3-4-12)20-13(21-16)10-11-5-8-18-9-6-11/h5-6,8-9,12H,2-4,7,10H2,1H3,(H,19,20,21). The van der Waals surface area contributed by atoms with E-state index in [4.69, 9.17) is 9.97 Å². The van der Waals surface area contributed by atoms with Crippen LogP contribution in [-0.2, 0) is 6.42 Å². The van der Waals surface area contributed by atoms with Gasteiger partial charge in [0.2, 0.25) is 0 Å². The Morgan fingerprint density at radius 2 is 2.00 bits per heavy atom. The molecule has 0 saturated heterocycles. The summed E-state index contributed by atoms with van der Waals surface area (Å²) in [6, 6.07) is 4.05. The normalized spacial score (nSPS) is 14.2. The van der Waals surface area contributed by atoms with Crippen molar-refractivity contribution in [1.29, 1.82) is 0 Å². The van der Waals surface area contributed by atoms with Crippen LogP contribution in [0.2, 0.25) is 0 Å². The lowest BCUT2D eigenvalue weighted by atomic mass is 10.2. The minimum Gasteiger partial charge on any atom is -0.369 e. The van der Waals surface area contributed by atoms with Gasteiger partial charge in [0.05, 0.1) is 9.26 Å². The van der Waals surface area contributed by atoms with Crippen molar-refractivity contribution in [3.63, 3.8) is 0 Å². The molecule has 0 aromatic carbocycles. The highest BCUT2D eigenvalue weighted by molar-refractivity contribution is 14.1. The Morgan fingerprint density at radius 1 is 1.24 bits per heavy atom. The van der Waals surface area contributed by atoms with E-state index < -0.39 is 0 Å². The maximum Gasteiger partial charge on any atom is 0.143 e. The van der Waals surface area contributed by atoms with Crippen molar-refractivity contribution in [2.45, 2.75) is 38.5 Å². The van der Waals surface area contributed by atoms with Crippen molar-refractivity contribution < 1.29 is 0 Å². The zero-order chi connectivity index (χ0) is 14.7. The minimum absolute atomic E-state index is 0.637. The first-order chi connectivity index (χ1) is 10.3. The SMILES string of the molecule is CCCNc1nc(Cc2ccncc2)nc(C2CC2)c1I. The molecule has 1 fully saturated rings. The molecule has 0 aliphatic heterocycles. The van der Waals surface area contributed by atoms with Crippen LogP contribution < -0.4 is 5.32 Å². The number of anilines is 1. The second kappa shape index (κ2) is 6.68. The molecule has 1 aliphatic carbocycles. The van der Waals surface area contributed by atoms with Crippen molar-refractivity contribution in [3.05, 3.63) is 45.2 Å². The van der Waals surface area contributed by atoms with Crippen LogP contribution in [0.4, 0.5) is 5.82 Å². The molecule has 0 spiro atoms. The van der Waals surface area contributed by atoms with Gasteiger partial charge in [-0.1, -0.05) is 6.92 Å². The molecule has 0 amide bonds. The second-order valence-corrected chi connectivity index (χ2v) is 6.50. The first-order valence-electron chi connectivity index (χ1n) is 7.47. The van der Waals surface area contributed by atoms with Gasteiger partial charge in [-0.2, -0.15) is 0 Å². The van der Waals surface area contributed by atoms with Crippen LogP contribution in [0, 0.1) is 3.57 Å². The van der Waals surface area contributed by atoms with Crippen LogP contribution >= 0.6 is 22.6 Å². The lowest BCUT2D eigenvalue weighted by Gasteiger charge is -2.12. The number of hydrogen-bond donors (Lipinski definition) is 1. The third-order valence-electron chi connectivity index (χ3n) is 3.54. The van der Waals surface area contributed by atoms with Crippen LogP contribution in [0.25, 0.3) is 0 Å². The third kappa shape index (κ3) is 3.70. The number of pyridine rings is 1. The van der Waals surface area contributed by atoms with Crippen LogP contribution in [0.15, 0.2) is 24.5 Å². The molecule has 3 rings (SSSR count). The van der Waals surface area contributed by atoms with E-state index in [0.717, 1.165) is 31.0 Å². The Bertz CT molecular complexity index is 611. The summed E-state index contributed by atoms with van der Waals surface area (Å²) in [7, 11) is 0. The number of aromatic nitrogens is 3. The fraction of sp³-hybridized carbons (Fsp3) is 0.438. The van der Waals surface area contributed by atoms with Crippen LogP contribution in [-0.4, -0.2) is 21.5 Å². The van der Waals surface area contributed by atoms with Gasteiger partial charge >= 0.3 is 0 Å². The second-order valence-electron chi connectivity index (χ2n) is 5.42. The van der Waals surface area contributed by atoms with E-state index in [9.17, 15) is 0 Å². The van der Waals surface area contributed by atoms with Gasteiger partial charge in [-0.05, 0) is 59.5 Å². The van der Waals surface area contributed by atoms with Gasteiger partial charge in [0.25, 0.3) is 0 Å². The van der Waals surface area contributed by atoms with Crippen molar-refractivity contribution in [1.82, 2.24) is 15.0 Å². The molecule has 1 aliphatic rings. The van der Waals surface area contributed by atoms with Gasteiger partial charge in [-0.15, -0.1) is 0 Å². The van der Waals surface area contributed by atoms with E-state index in [2.05, 4.69) is 39.8 Å². The van der Waals surface area contributed by atoms with E-state index >= 15 is 0 Å². The zero-order valence-corrected chi connectivity index (χ0v) is 14.3. The summed E-state index contributed by atoms with van der Waals surface area (Å²) in [5.74, 6) is 2.54.